The summed E-state index contributed by atoms with van der Waals surface area (Å²) in [6.45, 7) is 0.726. The van der Waals surface area contributed by atoms with E-state index in [0.29, 0.717) is 55.3 Å². The van der Waals surface area contributed by atoms with E-state index in [-0.39, 0.29) is 12.5 Å². The van der Waals surface area contributed by atoms with Crippen LogP contribution in [0.15, 0.2) is 131 Å². The monoisotopic (exact) mass is 666 g/mol. The van der Waals surface area contributed by atoms with Crippen LogP contribution in [0.2, 0.25) is 10.0 Å². The number of carbonyl (C=O) groups is 1. The Morgan fingerprint density at radius 1 is 0.717 bits per heavy atom. The van der Waals surface area contributed by atoms with Gasteiger partial charge in [0.05, 0.1) is 23.4 Å². The highest BCUT2D eigenvalue weighted by molar-refractivity contribution is 8.19. The summed E-state index contributed by atoms with van der Waals surface area (Å²) >= 11 is 13.5. The number of benzene rings is 5. The lowest BCUT2D eigenvalue weighted by Crippen LogP contribution is -2.28. The minimum Gasteiger partial charge on any atom is -0.493 e. The molecule has 1 saturated heterocycles. The van der Waals surface area contributed by atoms with Crippen molar-refractivity contribution in [2.45, 2.75) is 13.2 Å². The second-order valence-electron chi connectivity index (χ2n) is 10.2. The Bertz CT molecular complexity index is 1900. The van der Waals surface area contributed by atoms with E-state index in [1.165, 1.54) is 11.8 Å². The zero-order valence-electron chi connectivity index (χ0n) is 24.7. The maximum atomic E-state index is 13.8. The molecule has 0 unspecified atom stereocenters. The summed E-state index contributed by atoms with van der Waals surface area (Å²) in [5.74, 6) is 1.70. The molecule has 1 aliphatic rings. The van der Waals surface area contributed by atoms with Gasteiger partial charge in [-0.05, 0) is 95.7 Å². The number of anilines is 1. The van der Waals surface area contributed by atoms with Crippen LogP contribution in [0.25, 0.3) is 6.08 Å². The number of thioether (sulfide) groups is 1. The van der Waals surface area contributed by atoms with Crippen molar-refractivity contribution in [2.75, 3.05) is 12.0 Å². The highest BCUT2D eigenvalue weighted by atomic mass is 35.5. The van der Waals surface area contributed by atoms with Crippen molar-refractivity contribution in [3.05, 3.63) is 153 Å². The number of rotatable bonds is 10. The number of para-hydroxylation sites is 1. The van der Waals surface area contributed by atoms with Gasteiger partial charge in [-0.3, -0.25) is 9.69 Å². The van der Waals surface area contributed by atoms with Crippen LogP contribution in [0.5, 0.6) is 17.2 Å². The molecule has 1 heterocycles. The topological polar surface area (TPSA) is 60.4 Å². The Labute approximate surface area is 281 Å². The fourth-order valence-corrected chi connectivity index (χ4v) is 5.93. The smallest absolute Gasteiger partial charge is 0.271 e. The van der Waals surface area contributed by atoms with Gasteiger partial charge in [0.25, 0.3) is 5.91 Å². The minimum atomic E-state index is -0.203. The molecule has 1 aliphatic heterocycles. The molecule has 0 aromatic heterocycles. The van der Waals surface area contributed by atoms with Gasteiger partial charge in [0, 0.05) is 15.6 Å². The van der Waals surface area contributed by atoms with Crippen molar-refractivity contribution < 1.29 is 19.0 Å². The Hall–Kier alpha value is -4.69. The van der Waals surface area contributed by atoms with E-state index in [9.17, 15) is 4.79 Å². The van der Waals surface area contributed by atoms with E-state index in [0.717, 1.165) is 16.7 Å². The maximum absolute atomic E-state index is 13.8. The molecular formula is C37H28Cl2N2O4S. The third-order valence-corrected chi connectivity index (χ3v) is 8.48. The number of amidine groups is 1. The van der Waals surface area contributed by atoms with E-state index >= 15 is 0 Å². The number of ether oxygens (including phenoxy) is 3. The summed E-state index contributed by atoms with van der Waals surface area (Å²) in [5.41, 5.74) is 4.07. The summed E-state index contributed by atoms with van der Waals surface area (Å²) in [5, 5.41) is 1.70. The fraction of sp³-hybridized carbons (Fsp3) is 0.0811. The molecule has 230 valence electrons. The fourth-order valence-electron chi connectivity index (χ4n) is 4.68. The van der Waals surface area contributed by atoms with Crippen molar-refractivity contribution in [3.63, 3.8) is 0 Å². The quantitative estimate of drug-likeness (QED) is 0.139. The summed E-state index contributed by atoms with van der Waals surface area (Å²) in [7, 11) is 1.62. The van der Waals surface area contributed by atoms with Crippen LogP contribution in [0, 0.1) is 0 Å². The Morgan fingerprint density at radius 2 is 1.37 bits per heavy atom. The third kappa shape index (κ3) is 7.57. The number of halogens is 2. The van der Waals surface area contributed by atoms with Gasteiger partial charge in [0.1, 0.15) is 19.0 Å². The molecule has 5 aromatic carbocycles. The minimum absolute atomic E-state index is 0.203. The number of aliphatic imine (C=N–C) groups is 1. The van der Waals surface area contributed by atoms with Crippen LogP contribution >= 0.6 is 35.0 Å². The molecule has 1 fully saturated rings. The van der Waals surface area contributed by atoms with E-state index in [4.69, 9.17) is 42.4 Å². The average Bonchev–Trinajstić information content (AvgIpc) is 3.38. The van der Waals surface area contributed by atoms with E-state index in [1.54, 1.807) is 48.4 Å². The van der Waals surface area contributed by atoms with Gasteiger partial charge in [-0.2, -0.15) is 0 Å². The van der Waals surface area contributed by atoms with Gasteiger partial charge in [-0.1, -0.05) is 77.8 Å². The maximum Gasteiger partial charge on any atom is 0.271 e. The van der Waals surface area contributed by atoms with E-state index < -0.39 is 0 Å². The van der Waals surface area contributed by atoms with E-state index in [1.807, 2.05) is 91.0 Å². The lowest BCUT2D eigenvalue weighted by molar-refractivity contribution is -0.113. The van der Waals surface area contributed by atoms with Crippen LogP contribution in [-0.2, 0) is 18.0 Å². The molecule has 0 saturated carbocycles. The molecule has 5 aromatic rings. The van der Waals surface area contributed by atoms with Gasteiger partial charge < -0.3 is 14.2 Å². The lowest BCUT2D eigenvalue weighted by Gasteiger charge is -2.15. The molecule has 0 atom stereocenters. The van der Waals surface area contributed by atoms with Crippen LogP contribution in [0.4, 0.5) is 11.4 Å². The van der Waals surface area contributed by atoms with Gasteiger partial charge in [-0.25, -0.2) is 4.99 Å². The first-order valence-corrected chi connectivity index (χ1v) is 15.9. The number of methoxy groups -OCH3 is 1. The predicted octanol–water partition coefficient (Wildman–Crippen LogP) is 9.97. The van der Waals surface area contributed by atoms with Crippen LogP contribution in [-0.4, -0.2) is 18.2 Å². The summed E-state index contributed by atoms with van der Waals surface area (Å²) < 4.78 is 17.9. The average molecular weight is 668 g/mol. The van der Waals surface area contributed by atoms with Crippen LogP contribution < -0.4 is 19.1 Å². The molecule has 6 rings (SSSR count). The molecule has 0 radical (unpaired) electrons. The molecule has 0 spiro atoms. The molecule has 6 nitrogen and oxygen atoms in total. The summed E-state index contributed by atoms with van der Waals surface area (Å²) in [6.07, 6.45) is 1.83. The van der Waals surface area contributed by atoms with Crippen molar-refractivity contribution >= 4 is 63.5 Å². The van der Waals surface area contributed by atoms with Crippen molar-refractivity contribution in [1.82, 2.24) is 0 Å². The van der Waals surface area contributed by atoms with E-state index in [2.05, 4.69) is 0 Å². The first kappa shape index (κ1) is 31.3. The zero-order valence-corrected chi connectivity index (χ0v) is 27.1. The lowest BCUT2D eigenvalue weighted by atomic mass is 10.1. The standard InChI is InChI=1S/C37H28Cl2N2O4S/c1-43-34-21-26(11-20-33(34)45-23-25-7-3-2-4-8-25)24-44-32-10-6-5-9-27(32)22-35-36(42)41(31-18-14-29(39)15-19-31)37(46-35)40-30-16-12-28(38)13-17-30/h2-22H,23-24H2,1H3/b35-22+,40-37?. The number of carbonyl (C=O) groups excluding carboxylic acids is 1. The number of hydrogen-bond acceptors (Lipinski definition) is 6. The first-order valence-electron chi connectivity index (χ1n) is 14.4. The number of hydrogen-bond donors (Lipinski definition) is 0. The normalized spacial score (nSPS) is 14.6. The highest BCUT2D eigenvalue weighted by Gasteiger charge is 2.35. The van der Waals surface area contributed by atoms with Crippen molar-refractivity contribution in [3.8, 4) is 17.2 Å². The first-order chi connectivity index (χ1) is 22.5. The molecule has 9 heteroatoms. The van der Waals surface area contributed by atoms with Crippen LogP contribution in [0.1, 0.15) is 16.7 Å². The summed E-state index contributed by atoms with van der Waals surface area (Å²) in [4.78, 5) is 20.7. The third-order valence-electron chi connectivity index (χ3n) is 7.01. The van der Waals surface area contributed by atoms with Gasteiger partial charge in [0.15, 0.2) is 16.7 Å². The molecule has 0 bridgehead atoms. The Kier molecular flexibility index (Phi) is 9.94. The molecule has 46 heavy (non-hydrogen) atoms. The number of nitrogens with zero attached hydrogens (tertiary/aromatic N) is 2. The van der Waals surface area contributed by atoms with Crippen LogP contribution in [0.3, 0.4) is 0 Å². The zero-order chi connectivity index (χ0) is 31.9. The molecular weight excluding hydrogens is 639 g/mol. The van der Waals surface area contributed by atoms with Crippen molar-refractivity contribution in [1.29, 1.82) is 0 Å². The highest BCUT2D eigenvalue weighted by Crippen LogP contribution is 2.39. The Balaban J connectivity index is 1.22. The second-order valence-corrected chi connectivity index (χ2v) is 12.1. The van der Waals surface area contributed by atoms with Gasteiger partial charge >= 0.3 is 0 Å². The number of amides is 1. The second kappa shape index (κ2) is 14.6. The van der Waals surface area contributed by atoms with Gasteiger partial charge in [0.2, 0.25) is 0 Å². The molecule has 0 N–H and O–H groups in total. The predicted molar refractivity (Wildman–Crippen MR) is 188 cm³/mol. The van der Waals surface area contributed by atoms with Gasteiger partial charge in [-0.15, -0.1) is 0 Å². The molecule has 1 amide bonds. The Morgan fingerprint density at radius 3 is 2.11 bits per heavy atom. The SMILES string of the molecule is COc1cc(COc2ccccc2/C=C2/SC(=Nc3ccc(Cl)cc3)N(c3ccc(Cl)cc3)C2=O)ccc1OCc1ccccc1. The van der Waals surface area contributed by atoms with Crippen molar-refractivity contribution in [2.24, 2.45) is 4.99 Å². The largest absolute Gasteiger partial charge is 0.493 e. The molecule has 0 aliphatic carbocycles. The summed E-state index contributed by atoms with van der Waals surface area (Å²) in [6, 6.07) is 37.5.